The molecule has 0 radical (unpaired) electrons. The Balaban J connectivity index is 1.50. The summed E-state index contributed by atoms with van der Waals surface area (Å²) >= 11 is 3.21. The van der Waals surface area contributed by atoms with E-state index in [1.807, 2.05) is 0 Å². The van der Waals surface area contributed by atoms with Crippen molar-refractivity contribution in [3.63, 3.8) is 0 Å². The number of benzene rings is 1. The molecule has 0 aromatic heterocycles. The summed E-state index contributed by atoms with van der Waals surface area (Å²) in [6.45, 7) is 14.4. The van der Waals surface area contributed by atoms with Gasteiger partial charge in [-0.05, 0) is 110 Å². The topological polar surface area (TPSA) is 58.6 Å². The molecule has 34 heavy (non-hydrogen) atoms. The molecular weight excluding hydrogens is 506 g/mol. The minimum atomic E-state index is -1.85. The Hall–Kier alpha value is -0.853. The Bertz CT molecular complexity index is 929. The van der Waals surface area contributed by atoms with E-state index >= 15 is 0 Å². The first-order valence-electron chi connectivity index (χ1n) is 13.2. The summed E-state index contributed by atoms with van der Waals surface area (Å²) in [6, 6.07) is 6.90. The number of fused-ring (bicyclic) bond motifs is 5. The van der Waals surface area contributed by atoms with Gasteiger partial charge < -0.3 is 14.8 Å². The van der Waals surface area contributed by atoms with E-state index in [4.69, 9.17) is 4.43 Å². The van der Waals surface area contributed by atoms with Gasteiger partial charge >= 0.3 is 0 Å². The van der Waals surface area contributed by atoms with Crippen molar-refractivity contribution in [1.29, 1.82) is 0 Å². The van der Waals surface area contributed by atoms with E-state index in [-0.39, 0.29) is 16.4 Å². The van der Waals surface area contributed by atoms with Gasteiger partial charge in [-0.3, -0.25) is 4.79 Å². The van der Waals surface area contributed by atoms with Crippen LogP contribution in [0.2, 0.25) is 18.1 Å². The number of aliphatic hydroxyl groups is 1. The van der Waals surface area contributed by atoms with E-state index < -0.39 is 13.9 Å². The van der Waals surface area contributed by atoms with Crippen LogP contribution in [0.15, 0.2) is 18.2 Å². The number of amides is 1. The predicted molar refractivity (Wildman–Crippen MR) is 145 cm³/mol. The highest BCUT2D eigenvalue weighted by atomic mass is 79.9. The Morgan fingerprint density at radius 3 is 2.65 bits per heavy atom. The highest BCUT2D eigenvalue weighted by Gasteiger charge is 2.61. The van der Waals surface area contributed by atoms with Crippen molar-refractivity contribution in [2.75, 3.05) is 11.9 Å². The van der Waals surface area contributed by atoms with Crippen molar-refractivity contribution in [1.82, 2.24) is 5.32 Å². The first kappa shape index (κ1) is 26.2. The van der Waals surface area contributed by atoms with Crippen molar-refractivity contribution in [2.45, 2.75) is 102 Å². The fourth-order valence-corrected chi connectivity index (χ4v) is 8.27. The fourth-order valence-electron chi connectivity index (χ4n) is 7.05. The average Bonchev–Trinajstić information content (AvgIpc) is 3.03. The number of nitrogens with one attached hydrogen (secondary N) is 1. The summed E-state index contributed by atoms with van der Waals surface area (Å²) in [5.41, 5.74) is 2.27. The summed E-state index contributed by atoms with van der Waals surface area (Å²) in [4.78, 5) is 11.7. The van der Waals surface area contributed by atoms with Crippen LogP contribution in [0, 0.1) is 17.3 Å². The zero-order chi connectivity index (χ0) is 24.9. The molecule has 2 fully saturated rings. The standard InChI is InChI=1S/C28H44BrNO3Si/c1-26(2,3)34(5,6)33-20-8-10-21-19(17-20)7-9-23-22(21)11-13-27(4)24(23)12-14-28(27,32)15-16-30-25(31)18-29/h8,10,17,22-24,32H,7,9,11-16,18H2,1-6H3,(H,30,31)/t22-,23-,24+,27+,28-/m1/s1. The molecule has 1 aromatic rings. The molecule has 0 heterocycles. The van der Waals surface area contributed by atoms with Crippen LogP contribution in [-0.4, -0.2) is 36.8 Å². The van der Waals surface area contributed by atoms with Crippen molar-refractivity contribution in [3.05, 3.63) is 29.3 Å². The molecule has 0 unspecified atom stereocenters. The molecule has 2 saturated carbocycles. The van der Waals surface area contributed by atoms with E-state index in [2.05, 4.69) is 80.2 Å². The molecule has 0 spiro atoms. The van der Waals surface area contributed by atoms with Crippen molar-refractivity contribution in [3.8, 4) is 5.75 Å². The molecule has 3 aliphatic carbocycles. The lowest BCUT2D eigenvalue weighted by molar-refractivity contribution is -0.120. The number of carbonyl (C=O) groups is 1. The molecule has 190 valence electrons. The Kier molecular flexibility index (Phi) is 7.11. The molecule has 1 amide bonds. The molecule has 0 saturated heterocycles. The van der Waals surface area contributed by atoms with Crippen LogP contribution in [-0.2, 0) is 11.2 Å². The number of aryl methyl sites for hydroxylation is 1. The van der Waals surface area contributed by atoms with Crippen molar-refractivity contribution < 1.29 is 14.3 Å². The molecule has 5 atom stereocenters. The highest BCUT2D eigenvalue weighted by Crippen LogP contribution is 2.65. The predicted octanol–water partition coefficient (Wildman–Crippen LogP) is 6.56. The minimum Gasteiger partial charge on any atom is -0.543 e. The van der Waals surface area contributed by atoms with Gasteiger partial charge in [0.25, 0.3) is 0 Å². The Morgan fingerprint density at radius 2 is 1.97 bits per heavy atom. The molecule has 6 heteroatoms. The van der Waals surface area contributed by atoms with Gasteiger partial charge in [-0.15, -0.1) is 0 Å². The van der Waals surface area contributed by atoms with Gasteiger partial charge in [0.1, 0.15) is 5.75 Å². The summed E-state index contributed by atoms with van der Waals surface area (Å²) in [6.07, 6.45) is 7.12. The lowest BCUT2D eigenvalue weighted by Gasteiger charge is -2.53. The average molecular weight is 551 g/mol. The number of rotatable bonds is 6. The van der Waals surface area contributed by atoms with Crippen molar-refractivity contribution in [2.24, 2.45) is 17.3 Å². The maximum atomic E-state index is 11.8. The summed E-state index contributed by atoms with van der Waals surface area (Å²) in [5, 5.41) is 15.2. The Labute approximate surface area is 215 Å². The molecule has 2 N–H and O–H groups in total. The second-order valence-electron chi connectivity index (χ2n) is 12.9. The van der Waals surface area contributed by atoms with Crippen molar-refractivity contribution >= 4 is 30.2 Å². The lowest BCUT2D eigenvalue weighted by Crippen LogP contribution is -2.52. The number of hydrogen-bond acceptors (Lipinski definition) is 3. The molecule has 3 aliphatic rings. The van der Waals surface area contributed by atoms with Crippen LogP contribution in [0.5, 0.6) is 5.75 Å². The zero-order valence-electron chi connectivity index (χ0n) is 22.0. The highest BCUT2D eigenvalue weighted by molar-refractivity contribution is 9.09. The number of carbonyl (C=O) groups excluding carboxylic acids is 1. The first-order valence-corrected chi connectivity index (χ1v) is 17.2. The number of alkyl halides is 1. The number of hydrogen-bond donors (Lipinski definition) is 2. The van der Waals surface area contributed by atoms with Gasteiger partial charge in [0, 0.05) is 6.54 Å². The van der Waals surface area contributed by atoms with Gasteiger partial charge in [0.2, 0.25) is 14.2 Å². The second-order valence-corrected chi connectivity index (χ2v) is 18.2. The van der Waals surface area contributed by atoms with Gasteiger partial charge in [-0.2, -0.15) is 0 Å². The van der Waals surface area contributed by atoms with Crippen LogP contribution in [0.1, 0.15) is 83.3 Å². The second kappa shape index (κ2) is 9.22. The maximum Gasteiger partial charge on any atom is 0.250 e. The molecule has 1 aromatic carbocycles. The largest absolute Gasteiger partial charge is 0.543 e. The molecule has 0 bridgehead atoms. The third kappa shape index (κ3) is 4.52. The normalized spacial score (nSPS) is 33.0. The SMILES string of the molecule is CC(C)(C)[Si](C)(C)Oc1ccc2c(c1)CC[C@@H]1[C@@H]2CC[C@@]2(C)[C@H]1CC[C@@]2(O)CCNC(=O)CBr. The van der Waals surface area contributed by atoms with E-state index in [1.165, 1.54) is 17.5 Å². The van der Waals surface area contributed by atoms with E-state index in [0.717, 1.165) is 37.9 Å². The number of halogens is 1. The van der Waals surface area contributed by atoms with Crippen LogP contribution in [0.4, 0.5) is 0 Å². The molecule has 0 aliphatic heterocycles. The summed E-state index contributed by atoms with van der Waals surface area (Å²) in [7, 11) is -1.85. The third-order valence-corrected chi connectivity index (χ3v) is 15.0. The Morgan fingerprint density at radius 1 is 1.24 bits per heavy atom. The fraction of sp³-hybridized carbons (Fsp3) is 0.750. The lowest BCUT2D eigenvalue weighted by atomic mass is 9.53. The zero-order valence-corrected chi connectivity index (χ0v) is 24.6. The third-order valence-electron chi connectivity index (χ3n) is 10.2. The smallest absolute Gasteiger partial charge is 0.250 e. The van der Waals surface area contributed by atoms with E-state index in [1.54, 1.807) is 0 Å². The first-order chi connectivity index (χ1) is 15.8. The summed E-state index contributed by atoms with van der Waals surface area (Å²) in [5.74, 6) is 2.83. The minimum absolute atomic E-state index is 0.00667. The van der Waals surface area contributed by atoms with Crippen LogP contribution in [0.25, 0.3) is 0 Å². The maximum absolute atomic E-state index is 11.8. The molecule has 4 nitrogen and oxygen atoms in total. The molecular formula is C28H44BrNO3Si. The van der Waals surface area contributed by atoms with Crippen LogP contribution < -0.4 is 9.74 Å². The van der Waals surface area contributed by atoms with Crippen LogP contribution >= 0.6 is 15.9 Å². The van der Waals surface area contributed by atoms with Gasteiger partial charge in [-0.1, -0.05) is 49.7 Å². The quantitative estimate of drug-likeness (QED) is 0.312. The van der Waals surface area contributed by atoms with E-state index in [0.29, 0.717) is 36.0 Å². The van der Waals surface area contributed by atoms with Gasteiger partial charge in [-0.25, -0.2) is 0 Å². The monoisotopic (exact) mass is 549 g/mol. The van der Waals surface area contributed by atoms with Gasteiger partial charge in [0.05, 0.1) is 10.9 Å². The summed E-state index contributed by atoms with van der Waals surface area (Å²) < 4.78 is 6.62. The van der Waals surface area contributed by atoms with Gasteiger partial charge in [0.15, 0.2) is 0 Å². The van der Waals surface area contributed by atoms with E-state index in [9.17, 15) is 9.90 Å². The van der Waals surface area contributed by atoms with Crippen LogP contribution in [0.3, 0.4) is 0 Å². The molecule has 4 rings (SSSR count).